The molecule has 0 spiro atoms. The summed E-state index contributed by atoms with van der Waals surface area (Å²) >= 11 is 0. The number of aryl methyl sites for hydroxylation is 1. The van der Waals surface area contributed by atoms with Crippen LogP contribution in [-0.2, 0) is 4.79 Å². The van der Waals surface area contributed by atoms with Gasteiger partial charge in [-0.1, -0.05) is 12.1 Å². The summed E-state index contributed by atoms with van der Waals surface area (Å²) in [6, 6.07) is 6.49. The molecule has 0 fully saturated rings. The van der Waals surface area contributed by atoms with Crippen molar-refractivity contribution in [1.29, 1.82) is 0 Å². The third kappa shape index (κ3) is 1.86. The summed E-state index contributed by atoms with van der Waals surface area (Å²) in [5, 5.41) is 0. The van der Waals surface area contributed by atoms with Crippen molar-refractivity contribution >= 4 is 16.9 Å². The standard InChI is InChI=1S/C12H14N4O2/c1-7-12(18)16(8(2)11(17)15-13)10-6-4-3-5-9(10)14-7/h3-6,8H,13H2,1-2H3,(H,15,17). The zero-order valence-electron chi connectivity index (χ0n) is 10.2. The highest BCUT2D eigenvalue weighted by atomic mass is 16.2. The number of rotatable bonds is 2. The number of nitrogens with two attached hydrogens (primary N) is 1. The van der Waals surface area contributed by atoms with Crippen molar-refractivity contribution in [2.45, 2.75) is 19.9 Å². The van der Waals surface area contributed by atoms with Crippen LogP contribution in [0.3, 0.4) is 0 Å². The molecule has 0 radical (unpaired) electrons. The second-order valence-corrected chi connectivity index (χ2v) is 4.05. The summed E-state index contributed by atoms with van der Waals surface area (Å²) in [6.45, 7) is 3.24. The lowest BCUT2D eigenvalue weighted by atomic mass is 10.2. The number of hydrazine groups is 1. The maximum Gasteiger partial charge on any atom is 0.273 e. The summed E-state index contributed by atoms with van der Waals surface area (Å²) < 4.78 is 1.40. The summed E-state index contributed by atoms with van der Waals surface area (Å²) in [6.07, 6.45) is 0. The van der Waals surface area contributed by atoms with E-state index in [1.54, 1.807) is 32.0 Å². The fourth-order valence-electron chi connectivity index (χ4n) is 1.90. The summed E-state index contributed by atoms with van der Waals surface area (Å²) in [5.41, 5.74) is 3.41. The second kappa shape index (κ2) is 4.58. The Bertz CT molecular complexity index is 663. The maximum atomic E-state index is 12.1. The zero-order valence-corrected chi connectivity index (χ0v) is 10.2. The molecule has 2 rings (SSSR count). The molecule has 0 aliphatic carbocycles. The van der Waals surface area contributed by atoms with E-state index in [4.69, 9.17) is 5.84 Å². The minimum Gasteiger partial charge on any atom is -0.293 e. The molecule has 0 aliphatic heterocycles. The van der Waals surface area contributed by atoms with Crippen molar-refractivity contribution in [2.24, 2.45) is 5.84 Å². The first-order valence-corrected chi connectivity index (χ1v) is 5.54. The molecule has 18 heavy (non-hydrogen) atoms. The van der Waals surface area contributed by atoms with Crippen molar-refractivity contribution in [3.63, 3.8) is 0 Å². The van der Waals surface area contributed by atoms with Gasteiger partial charge in [-0.15, -0.1) is 0 Å². The fraction of sp³-hybridized carbons (Fsp3) is 0.250. The van der Waals surface area contributed by atoms with E-state index in [-0.39, 0.29) is 5.56 Å². The molecule has 1 amide bonds. The van der Waals surface area contributed by atoms with E-state index in [1.807, 2.05) is 6.07 Å². The Morgan fingerprint density at radius 1 is 1.44 bits per heavy atom. The van der Waals surface area contributed by atoms with E-state index in [0.29, 0.717) is 16.7 Å². The Morgan fingerprint density at radius 3 is 2.78 bits per heavy atom. The van der Waals surface area contributed by atoms with Gasteiger partial charge in [-0.05, 0) is 26.0 Å². The molecule has 0 saturated carbocycles. The minimum absolute atomic E-state index is 0.287. The smallest absolute Gasteiger partial charge is 0.273 e. The molecule has 2 aromatic rings. The van der Waals surface area contributed by atoms with Gasteiger partial charge < -0.3 is 0 Å². The van der Waals surface area contributed by atoms with Gasteiger partial charge in [-0.25, -0.2) is 10.8 Å². The first kappa shape index (κ1) is 12.3. The van der Waals surface area contributed by atoms with Crippen molar-refractivity contribution in [1.82, 2.24) is 15.0 Å². The number of hydrogen-bond donors (Lipinski definition) is 2. The predicted octanol–water partition coefficient (Wildman–Crippen LogP) is 0.256. The van der Waals surface area contributed by atoms with Gasteiger partial charge in [0.05, 0.1) is 11.0 Å². The highest BCUT2D eigenvalue weighted by Gasteiger charge is 2.18. The lowest BCUT2D eigenvalue weighted by Gasteiger charge is -2.16. The average molecular weight is 246 g/mol. The molecule has 0 saturated heterocycles. The van der Waals surface area contributed by atoms with Gasteiger partial charge >= 0.3 is 0 Å². The summed E-state index contributed by atoms with van der Waals surface area (Å²) in [7, 11) is 0. The average Bonchev–Trinajstić information content (AvgIpc) is 2.38. The number of benzene rings is 1. The van der Waals surface area contributed by atoms with Crippen LogP contribution in [0, 0.1) is 6.92 Å². The largest absolute Gasteiger partial charge is 0.293 e. The van der Waals surface area contributed by atoms with Gasteiger partial charge in [-0.3, -0.25) is 19.6 Å². The number of hydrogen-bond acceptors (Lipinski definition) is 4. The topological polar surface area (TPSA) is 90.0 Å². The Morgan fingerprint density at radius 2 is 2.11 bits per heavy atom. The van der Waals surface area contributed by atoms with Gasteiger partial charge in [0.15, 0.2) is 0 Å². The van der Waals surface area contributed by atoms with Gasteiger partial charge in [0.2, 0.25) is 0 Å². The van der Waals surface area contributed by atoms with E-state index in [9.17, 15) is 9.59 Å². The first-order valence-electron chi connectivity index (χ1n) is 5.54. The van der Waals surface area contributed by atoms with Crippen LogP contribution in [0.5, 0.6) is 0 Å². The molecule has 3 N–H and O–H groups in total. The van der Waals surface area contributed by atoms with Gasteiger partial charge in [0.25, 0.3) is 11.5 Å². The summed E-state index contributed by atoms with van der Waals surface area (Å²) in [4.78, 5) is 27.9. The van der Waals surface area contributed by atoms with Crippen LogP contribution in [0.15, 0.2) is 29.1 Å². The van der Waals surface area contributed by atoms with Gasteiger partial charge in [0, 0.05) is 0 Å². The number of nitrogens with zero attached hydrogens (tertiary/aromatic N) is 2. The minimum atomic E-state index is -0.686. The van der Waals surface area contributed by atoms with E-state index in [0.717, 1.165) is 0 Å². The van der Waals surface area contributed by atoms with Crippen molar-refractivity contribution in [3.8, 4) is 0 Å². The van der Waals surface area contributed by atoms with Crippen molar-refractivity contribution in [3.05, 3.63) is 40.3 Å². The van der Waals surface area contributed by atoms with E-state index < -0.39 is 11.9 Å². The number of carbonyl (C=O) groups excluding carboxylic acids is 1. The normalized spacial score (nSPS) is 12.4. The Balaban J connectivity index is 2.79. The first-order chi connectivity index (χ1) is 8.56. The van der Waals surface area contributed by atoms with E-state index in [2.05, 4.69) is 10.4 Å². The second-order valence-electron chi connectivity index (χ2n) is 4.05. The lowest BCUT2D eigenvalue weighted by Crippen LogP contribution is -2.40. The molecular formula is C12H14N4O2. The number of amides is 1. The quantitative estimate of drug-likeness (QED) is 0.451. The Hall–Kier alpha value is -2.21. The molecule has 1 aromatic heterocycles. The van der Waals surface area contributed by atoms with Crippen LogP contribution in [0.2, 0.25) is 0 Å². The third-order valence-electron chi connectivity index (χ3n) is 2.87. The van der Waals surface area contributed by atoms with Crippen LogP contribution >= 0.6 is 0 Å². The zero-order chi connectivity index (χ0) is 13.3. The molecule has 1 heterocycles. The van der Waals surface area contributed by atoms with Crippen LogP contribution in [0.25, 0.3) is 11.0 Å². The molecule has 6 heteroatoms. The monoisotopic (exact) mass is 246 g/mol. The number of aromatic nitrogens is 2. The van der Waals surface area contributed by atoms with E-state index >= 15 is 0 Å². The van der Waals surface area contributed by atoms with Crippen LogP contribution in [-0.4, -0.2) is 15.5 Å². The van der Waals surface area contributed by atoms with Crippen molar-refractivity contribution < 1.29 is 4.79 Å². The predicted molar refractivity (Wildman–Crippen MR) is 67.8 cm³/mol. The van der Waals surface area contributed by atoms with Gasteiger partial charge in [-0.2, -0.15) is 0 Å². The Labute approximate surface area is 103 Å². The fourth-order valence-corrected chi connectivity index (χ4v) is 1.90. The molecule has 1 aromatic carbocycles. The highest BCUT2D eigenvalue weighted by Crippen LogP contribution is 2.14. The molecule has 94 valence electrons. The van der Waals surface area contributed by atoms with Crippen molar-refractivity contribution in [2.75, 3.05) is 0 Å². The lowest BCUT2D eigenvalue weighted by molar-refractivity contribution is -0.123. The van der Waals surface area contributed by atoms with Crippen LogP contribution in [0.1, 0.15) is 18.7 Å². The number of carbonyl (C=O) groups is 1. The maximum absolute atomic E-state index is 12.1. The SMILES string of the molecule is Cc1nc2ccccc2n(C(C)C(=O)NN)c1=O. The van der Waals surface area contributed by atoms with Crippen LogP contribution in [0.4, 0.5) is 0 Å². The molecule has 6 nitrogen and oxygen atoms in total. The summed E-state index contributed by atoms with van der Waals surface area (Å²) in [5.74, 6) is 4.69. The Kier molecular flexibility index (Phi) is 3.12. The number of nitrogens with one attached hydrogen (secondary N) is 1. The molecular weight excluding hydrogens is 232 g/mol. The number of fused-ring (bicyclic) bond motifs is 1. The third-order valence-corrected chi connectivity index (χ3v) is 2.87. The van der Waals surface area contributed by atoms with E-state index in [1.165, 1.54) is 4.57 Å². The molecule has 1 atom stereocenters. The van der Waals surface area contributed by atoms with Crippen LogP contribution < -0.4 is 16.8 Å². The molecule has 0 aliphatic rings. The molecule has 1 unspecified atom stereocenters. The van der Waals surface area contributed by atoms with Gasteiger partial charge in [0.1, 0.15) is 11.7 Å². The number of para-hydroxylation sites is 2. The molecule has 0 bridgehead atoms. The highest BCUT2D eigenvalue weighted by molar-refractivity contribution is 5.82.